The first-order valence-electron chi connectivity index (χ1n) is 6.95. The Balaban J connectivity index is 1.80. The standard InChI is InChI=1S/C15H20N2O3/c1-2-10-3-7-12(8-4-10)17-13(18)9-16-14(15(19)20)11-5-6-11/h3-4,7-8,11,14,16H,2,5-6,9H2,1H3,(H,17,18)(H,19,20). The number of hydrogen-bond acceptors (Lipinski definition) is 3. The van der Waals surface area contributed by atoms with Gasteiger partial charge in [-0.1, -0.05) is 19.1 Å². The molecule has 3 N–H and O–H groups in total. The van der Waals surface area contributed by atoms with E-state index in [2.05, 4.69) is 17.6 Å². The first-order valence-corrected chi connectivity index (χ1v) is 6.95. The first-order chi connectivity index (χ1) is 9.60. The van der Waals surface area contributed by atoms with E-state index in [1.807, 2.05) is 24.3 Å². The smallest absolute Gasteiger partial charge is 0.320 e. The molecule has 1 amide bonds. The monoisotopic (exact) mass is 276 g/mol. The summed E-state index contributed by atoms with van der Waals surface area (Å²) in [5.74, 6) is -0.933. The number of benzene rings is 1. The van der Waals surface area contributed by atoms with Crippen molar-refractivity contribution in [1.82, 2.24) is 5.32 Å². The van der Waals surface area contributed by atoms with Gasteiger partial charge in [0.05, 0.1) is 6.54 Å². The molecule has 0 aliphatic heterocycles. The molecule has 1 unspecified atom stereocenters. The molecule has 2 rings (SSSR count). The predicted octanol–water partition coefficient (Wildman–Crippen LogP) is 1.64. The van der Waals surface area contributed by atoms with E-state index in [-0.39, 0.29) is 18.4 Å². The van der Waals surface area contributed by atoms with Crippen molar-refractivity contribution in [2.75, 3.05) is 11.9 Å². The van der Waals surface area contributed by atoms with Crippen LogP contribution in [0.25, 0.3) is 0 Å². The van der Waals surface area contributed by atoms with Gasteiger partial charge in [-0.25, -0.2) is 0 Å². The van der Waals surface area contributed by atoms with Crippen molar-refractivity contribution in [2.24, 2.45) is 5.92 Å². The highest BCUT2D eigenvalue weighted by molar-refractivity contribution is 5.92. The number of aliphatic carboxylic acids is 1. The highest BCUT2D eigenvalue weighted by Gasteiger charge is 2.36. The molecule has 1 fully saturated rings. The zero-order chi connectivity index (χ0) is 14.5. The molecule has 1 aliphatic rings. The van der Waals surface area contributed by atoms with Crippen LogP contribution in [-0.2, 0) is 16.0 Å². The van der Waals surface area contributed by atoms with Crippen molar-refractivity contribution in [3.63, 3.8) is 0 Å². The minimum absolute atomic E-state index is 0.0169. The first kappa shape index (κ1) is 14.5. The van der Waals surface area contributed by atoms with Crippen molar-refractivity contribution in [1.29, 1.82) is 0 Å². The zero-order valence-corrected chi connectivity index (χ0v) is 11.6. The Hall–Kier alpha value is -1.88. The molecule has 20 heavy (non-hydrogen) atoms. The molecule has 108 valence electrons. The van der Waals surface area contributed by atoms with Crippen LogP contribution in [0.3, 0.4) is 0 Å². The number of aryl methyl sites for hydroxylation is 1. The summed E-state index contributed by atoms with van der Waals surface area (Å²) < 4.78 is 0. The second-order valence-corrected chi connectivity index (χ2v) is 5.13. The van der Waals surface area contributed by atoms with Gasteiger partial charge < -0.3 is 10.4 Å². The van der Waals surface area contributed by atoms with Gasteiger partial charge in [-0.05, 0) is 42.9 Å². The van der Waals surface area contributed by atoms with Crippen LogP contribution in [0.15, 0.2) is 24.3 Å². The van der Waals surface area contributed by atoms with Gasteiger partial charge in [0.2, 0.25) is 5.91 Å². The van der Waals surface area contributed by atoms with E-state index < -0.39 is 12.0 Å². The van der Waals surface area contributed by atoms with Crippen LogP contribution >= 0.6 is 0 Å². The molecular formula is C15H20N2O3. The molecule has 0 heterocycles. The average Bonchev–Trinajstić information content (AvgIpc) is 3.24. The average molecular weight is 276 g/mol. The number of rotatable bonds is 7. The molecule has 0 spiro atoms. The van der Waals surface area contributed by atoms with Gasteiger partial charge >= 0.3 is 5.97 Å². The summed E-state index contributed by atoms with van der Waals surface area (Å²) in [5, 5.41) is 14.6. The summed E-state index contributed by atoms with van der Waals surface area (Å²) in [6, 6.07) is 7.03. The van der Waals surface area contributed by atoms with Gasteiger partial charge in [0.1, 0.15) is 6.04 Å². The summed E-state index contributed by atoms with van der Waals surface area (Å²) in [6.07, 6.45) is 2.80. The Kier molecular flexibility index (Phi) is 4.74. The minimum Gasteiger partial charge on any atom is -0.480 e. The molecule has 1 aromatic carbocycles. The van der Waals surface area contributed by atoms with E-state index >= 15 is 0 Å². The fraction of sp³-hybridized carbons (Fsp3) is 0.467. The maximum atomic E-state index is 11.8. The van der Waals surface area contributed by atoms with Gasteiger partial charge in [0, 0.05) is 5.69 Å². The van der Waals surface area contributed by atoms with Crippen LogP contribution in [0.2, 0.25) is 0 Å². The second-order valence-electron chi connectivity index (χ2n) is 5.13. The normalized spacial score (nSPS) is 15.7. The topological polar surface area (TPSA) is 78.4 Å². The minimum atomic E-state index is -0.882. The molecule has 5 nitrogen and oxygen atoms in total. The van der Waals surface area contributed by atoms with Crippen molar-refractivity contribution in [3.05, 3.63) is 29.8 Å². The van der Waals surface area contributed by atoms with Crippen LogP contribution in [-0.4, -0.2) is 29.6 Å². The molecule has 0 radical (unpaired) electrons. The number of anilines is 1. The van der Waals surface area contributed by atoms with Gasteiger partial charge in [-0.3, -0.25) is 14.9 Å². The van der Waals surface area contributed by atoms with Crippen LogP contribution in [0.5, 0.6) is 0 Å². The Labute approximate surface area is 118 Å². The molecule has 1 atom stereocenters. The Morgan fingerprint density at radius 2 is 1.95 bits per heavy atom. The third-order valence-corrected chi connectivity index (χ3v) is 3.49. The van der Waals surface area contributed by atoms with E-state index in [9.17, 15) is 9.59 Å². The lowest BCUT2D eigenvalue weighted by Gasteiger charge is -2.13. The van der Waals surface area contributed by atoms with Crippen molar-refractivity contribution < 1.29 is 14.7 Å². The van der Waals surface area contributed by atoms with Crippen LogP contribution in [0, 0.1) is 5.92 Å². The number of amides is 1. The zero-order valence-electron chi connectivity index (χ0n) is 11.6. The molecule has 5 heteroatoms. The summed E-state index contributed by atoms with van der Waals surface area (Å²) in [6.45, 7) is 2.09. The number of carbonyl (C=O) groups is 2. The lowest BCUT2D eigenvalue weighted by Crippen LogP contribution is -2.42. The molecule has 1 aromatic rings. The molecule has 0 saturated heterocycles. The third kappa shape index (κ3) is 4.06. The Morgan fingerprint density at radius 1 is 1.30 bits per heavy atom. The molecule has 1 saturated carbocycles. The highest BCUT2D eigenvalue weighted by atomic mass is 16.4. The van der Waals surface area contributed by atoms with E-state index in [0.717, 1.165) is 24.9 Å². The summed E-state index contributed by atoms with van der Waals surface area (Å²) in [4.78, 5) is 22.8. The molecule has 0 bridgehead atoms. The molecular weight excluding hydrogens is 256 g/mol. The van der Waals surface area contributed by atoms with Crippen molar-refractivity contribution in [2.45, 2.75) is 32.2 Å². The second kappa shape index (κ2) is 6.52. The largest absolute Gasteiger partial charge is 0.480 e. The predicted molar refractivity (Wildman–Crippen MR) is 76.6 cm³/mol. The van der Waals surface area contributed by atoms with E-state index in [0.29, 0.717) is 0 Å². The number of carboxylic acid groups (broad SMARTS) is 1. The van der Waals surface area contributed by atoms with Crippen molar-refractivity contribution >= 4 is 17.6 Å². The fourth-order valence-corrected chi connectivity index (χ4v) is 2.12. The van der Waals surface area contributed by atoms with Crippen molar-refractivity contribution in [3.8, 4) is 0 Å². The summed E-state index contributed by atoms with van der Waals surface area (Å²) >= 11 is 0. The maximum Gasteiger partial charge on any atom is 0.320 e. The highest BCUT2D eigenvalue weighted by Crippen LogP contribution is 2.32. The van der Waals surface area contributed by atoms with E-state index in [4.69, 9.17) is 5.11 Å². The number of nitrogens with one attached hydrogen (secondary N) is 2. The van der Waals surface area contributed by atoms with Gasteiger partial charge in [0.25, 0.3) is 0 Å². The van der Waals surface area contributed by atoms with E-state index in [1.165, 1.54) is 5.56 Å². The van der Waals surface area contributed by atoms with Gasteiger partial charge in [-0.2, -0.15) is 0 Å². The lowest BCUT2D eigenvalue weighted by atomic mass is 10.1. The van der Waals surface area contributed by atoms with Crippen LogP contribution in [0.4, 0.5) is 5.69 Å². The quantitative estimate of drug-likeness (QED) is 0.707. The number of hydrogen-bond donors (Lipinski definition) is 3. The number of carbonyl (C=O) groups excluding carboxylic acids is 1. The Bertz CT molecular complexity index is 480. The van der Waals surface area contributed by atoms with Gasteiger partial charge in [0.15, 0.2) is 0 Å². The molecule has 0 aromatic heterocycles. The van der Waals surface area contributed by atoms with Gasteiger partial charge in [-0.15, -0.1) is 0 Å². The third-order valence-electron chi connectivity index (χ3n) is 3.49. The summed E-state index contributed by atoms with van der Waals surface area (Å²) in [5.41, 5.74) is 1.94. The summed E-state index contributed by atoms with van der Waals surface area (Å²) in [7, 11) is 0. The number of carboxylic acids is 1. The Morgan fingerprint density at radius 3 is 2.45 bits per heavy atom. The fourth-order valence-electron chi connectivity index (χ4n) is 2.12. The lowest BCUT2D eigenvalue weighted by molar-refractivity contribution is -0.140. The van der Waals surface area contributed by atoms with Crippen LogP contribution < -0.4 is 10.6 Å². The molecule has 1 aliphatic carbocycles. The SMILES string of the molecule is CCc1ccc(NC(=O)CNC(C(=O)O)C2CC2)cc1. The van der Waals surface area contributed by atoms with E-state index in [1.54, 1.807) is 0 Å². The maximum absolute atomic E-state index is 11.8. The van der Waals surface area contributed by atoms with Crippen LogP contribution in [0.1, 0.15) is 25.3 Å².